The van der Waals surface area contributed by atoms with Crippen LogP contribution in [-0.4, -0.2) is 50.3 Å². The molecule has 160 valence electrons. The van der Waals surface area contributed by atoms with Gasteiger partial charge in [-0.15, -0.1) is 0 Å². The monoisotopic (exact) mass is 462 g/mol. The van der Waals surface area contributed by atoms with Crippen molar-refractivity contribution in [2.45, 2.75) is 53.6 Å². The van der Waals surface area contributed by atoms with E-state index in [4.69, 9.17) is 0 Å². The fraction of sp³-hybridized carbons (Fsp3) is 0.917. The second kappa shape index (κ2) is 6.77. The molecule has 0 heterocycles. The highest BCUT2D eigenvalue weighted by molar-refractivity contribution is 6.23. The van der Waals surface area contributed by atoms with E-state index in [2.05, 4.69) is 23.2 Å². The summed E-state index contributed by atoms with van der Waals surface area (Å²) < 4.78 is 130. The standard InChI is InChI=1S/C12H10Cl2F10O3/c13-9(15,16)7(26,11(19,20)21)4-1-2-5(6(25)3-4)8(27,10(14,17)18)12(22,23)24/h4-5,26-27H,1-3H2/t4-,5+,7+,8+/m1/s1. The van der Waals surface area contributed by atoms with Crippen LogP contribution in [-0.2, 0) is 4.79 Å². The van der Waals surface area contributed by atoms with Gasteiger partial charge in [0.1, 0.15) is 5.78 Å². The summed E-state index contributed by atoms with van der Waals surface area (Å²) in [5.41, 5.74) is -10.2. The molecule has 0 spiro atoms. The lowest BCUT2D eigenvalue weighted by Gasteiger charge is -2.45. The molecule has 0 aliphatic heterocycles. The number of carbonyl (C=O) groups is 1. The van der Waals surface area contributed by atoms with E-state index in [0.29, 0.717) is 0 Å². The average Bonchev–Trinajstić information content (AvgIpc) is 2.40. The van der Waals surface area contributed by atoms with Crippen molar-refractivity contribution in [2.75, 3.05) is 0 Å². The van der Waals surface area contributed by atoms with Gasteiger partial charge in [-0.3, -0.25) is 4.79 Å². The highest BCUT2D eigenvalue weighted by Gasteiger charge is 2.76. The zero-order valence-corrected chi connectivity index (χ0v) is 14.1. The first-order valence-electron chi connectivity index (χ1n) is 6.86. The van der Waals surface area contributed by atoms with Gasteiger partial charge in [0.25, 0.3) is 0 Å². The molecular weight excluding hydrogens is 453 g/mol. The summed E-state index contributed by atoms with van der Waals surface area (Å²) >= 11 is 8.56. The Bertz CT molecular complexity index is 550. The average molecular weight is 463 g/mol. The molecule has 2 N–H and O–H groups in total. The van der Waals surface area contributed by atoms with Crippen LogP contribution in [0.15, 0.2) is 0 Å². The number of hydrogen-bond donors (Lipinski definition) is 2. The van der Waals surface area contributed by atoms with Crippen LogP contribution in [0.3, 0.4) is 0 Å². The fourth-order valence-electron chi connectivity index (χ4n) is 2.99. The van der Waals surface area contributed by atoms with Crippen LogP contribution in [0.1, 0.15) is 19.3 Å². The highest BCUT2D eigenvalue weighted by Crippen LogP contribution is 2.56. The van der Waals surface area contributed by atoms with Gasteiger partial charge in [-0.2, -0.15) is 43.9 Å². The summed E-state index contributed by atoms with van der Waals surface area (Å²) in [5.74, 6) is -7.88. The van der Waals surface area contributed by atoms with Gasteiger partial charge in [0.05, 0.1) is 5.92 Å². The summed E-state index contributed by atoms with van der Waals surface area (Å²) in [6.45, 7) is 0. The maximum atomic E-state index is 13.2. The van der Waals surface area contributed by atoms with Crippen molar-refractivity contribution in [2.24, 2.45) is 11.8 Å². The number of aliphatic hydroxyl groups is 2. The second-order valence-electron chi connectivity index (χ2n) is 6.02. The molecule has 1 saturated carbocycles. The van der Waals surface area contributed by atoms with E-state index in [1.54, 1.807) is 0 Å². The summed E-state index contributed by atoms with van der Waals surface area (Å²) in [4.78, 5) is 11.8. The molecule has 0 aromatic heterocycles. The molecule has 1 aliphatic rings. The summed E-state index contributed by atoms with van der Waals surface area (Å²) in [7, 11) is 0. The SMILES string of the molecule is O=C1C[C@H]([C@@](O)(C(F)(F)F)C(F)(F)Cl)CC[C@@H]1[C@@](O)(C(F)(F)F)C(F)(F)Cl. The number of carbonyl (C=O) groups excluding carboxylic acids is 1. The molecule has 0 amide bonds. The van der Waals surface area contributed by atoms with Gasteiger partial charge >= 0.3 is 23.1 Å². The van der Waals surface area contributed by atoms with Crippen LogP contribution in [0.5, 0.6) is 0 Å². The Balaban J connectivity index is 3.32. The number of rotatable bonds is 4. The number of hydrogen-bond acceptors (Lipinski definition) is 3. The summed E-state index contributed by atoms with van der Waals surface area (Å²) in [6, 6.07) is 0. The van der Waals surface area contributed by atoms with Crippen LogP contribution in [0.4, 0.5) is 43.9 Å². The predicted octanol–water partition coefficient (Wildman–Crippen LogP) is 4.22. The minimum Gasteiger partial charge on any atom is -0.375 e. The first kappa shape index (κ1) is 24.5. The largest absolute Gasteiger partial charge is 0.425 e. The van der Waals surface area contributed by atoms with Gasteiger partial charge in [0, 0.05) is 12.3 Å². The molecule has 3 nitrogen and oxygen atoms in total. The molecule has 0 aromatic rings. The molecule has 15 heteroatoms. The van der Waals surface area contributed by atoms with E-state index in [0.717, 1.165) is 0 Å². The second-order valence-corrected chi connectivity index (χ2v) is 6.97. The van der Waals surface area contributed by atoms with E-state index in [-0.39, 0.29) is 0 Å². The zero-order valence-electron chi connectivity index (χ0n) is 12.6. The molecule has 1 aliphatic carbocycles. The lowest BCUT2D eigenvalue weighted by Crippen LogP contribution is -2.66. The molecule has 0 aromatic carbocycles. The number of alkyl halides is 12. The molecule has 4 atom stereocenters. The van der Waals surface area contributed by atoms with E-state index in [1.807, 2.05) is 0 Å². The molecule has 27 heavy (non-hydrogen) atoms. The molecule has 1 rings (SSSR count). The Morgan fingerprint density at radius 1 is 0.741 bits per heavy atom. The van der Waals surface area contributed by atoms with Crippen LogP contribution >= 0.6 is 23.2 Å². The zero-order chi connectivity index (χ0) is 21.9. The van der Waals surface area contributed by atoms with Gasteiger partial charge in [-0.05, 0) is 36.0 Å². The minimum atomic E-state index is -6.19. The topological polar surface area (TPSA) is 57.5 Å². The van der Waals surface area contributed by atoms with Crippen molar-refractivity contribution in [3.8, 4) is 0 Å². The van der Waals surface area contributed by atoms with Crippen LogP contribution in [0, 0.1) is 11.8 Å². The minimum absolute atomic E-state index is 1.42. The molecule has 0 radical (unpaired) electrons. The van der Waals surface area contributed by atoms with Crippen LogP contribution in [0.25, 0.3) is 0 Å². The van der Waals surface area contributed by atoms with Crippen molar-refractivity contribution >= 4 is 29.0 Å². The van der Waals surface area contributed by atoms with Crippen molar-refractivity contribution < 1.29 is 58.9 Å². The van der Waals surface area contributed by atoms with Gasteiger partial charge < -0.3 is 10.2 Å². The maximum Gasteiger partial charge on any atom is 0.425 e. The smallest absolute Gasteiger partial charge is 0.375 e. The summed E-state index contributed by atoms with van der Waals surface area (Å²) in [6.07, 6.45) is -17.1. The number of halogens is 12. The third kappa shape index (κ3) is 3.84. The normalized spacial score (nSPS) is 27.9. The van der Waals surface area contributed by atoms with E-state index in [1.165, 1.54) is 0 Å². The lowest BCUT2D eigenvalue weighted by molar-refractivity contribution is -0.339. The Morgan fingerprint density at radius 2 is 1.11 bits per heavy atom. The molecule has 0 saturated heterocycles. The Hall–Kier alpha value is -0.530. The quantitative estimate of drug-likeness (QED) is 0.485. The first-order valence-corrected chi connectivity index (χ1v) is 7.62. The van der Waals surface area contributed by atoms with Gasteiger partial charge in [0.2, 0.25) is 11.2 Å². The molecule has 0 unspecified atom stereocenters. The van der Waals surface area contributed by atoms with Crippen LogP contribution in [0.2, 0.25) is 0 Å². The Morgan fingerprint density at radius 3 is 1.37 bits per heavy atom. The fourth-order valence-corrected chi connectivity index (χ4v) is 3.49. The van der Waals surface area contributed by atoms with Crippen LogP contribution < -0.4 is 0 Å². The third-order valence-electron chi connectivity index (χ3n) is 4.46. The van der Waals surface area contributed by atoms with Crippen molar-refractivity contribution in [1.29, 1.82) is 0 Å². The van der Waals surface area contributed by atoms with Crippen molar-refractivity contribution in [3.05, 3.63) is 0 Å². The number of Topliss-reactive ketones (excluding diaryl/α,β-unsaturated/α-hetero) is 1. The first-order chi connectivity index (χ1) is 11.6. The number of ketones is 1. The lowest BCUT2D eigenvalue weighted by atomic mass is 9.67. The van der Waals surface area contributed by atoms with E-state index in [9.17, 15) is 58.9 Å². The van der Waals surface area contributed by atoms with Gasteiger partial charge in [-0.25, -0.2) is 0 Å². The Kier molecular flexibility index (Phi) is 6.14. The molecular formula is C12H10Cl2F10O3. The van der Waals surface area contributed by atoms with Crippen molar-refractivity contribution in [3.63, 3.8) is 0 Å². The van der Waals surface area contributed by atoms with Gasteiger partial charge in [0.15, 0.2) is 0 Å². The molecule has 0 bridgehead atoms. The van der Waals surface area contributed by atoms with E-state index < -0.39 is 71.2 Å². The van der Waals surface area contributed by atoms with Crippen molar-refractivity contribution in [1.82, 2.24) is 0 Å². The van der Waals surface area contributed by atoms with E-state index >= 15 is 0 Å². The summed E-state index contributed by atoms with van der Waals surface area (Å²) in [5, 5.41) is 7.97. The maximum absolute atomic E-state index is 13.2. The Labute approximate surface area is 154 Å². The van der Waals surface area contributed by atoms with Gasteiger partial charge in [-0.1, -0.05) is 0 Å². The predicted molar refractivity (Wildman–Crippen MR) is 69.4 cm³/mol. The third-order valence-corrected chi connectivity index (χ3v) is 5.04. The molecule has 1 fully saturated rings. The highest BCUT2D eigenvalue weighted by atomic mass is 35.5.